The van der Waals surface area contributed by atoms with Gasteiger partial charge in [-0.3, -0.25) is 4.79 Å². The predicted molar refractivity (Wildman–Crippen MR) is 105 cm³/mol. The number of aldehydes is 1. The third kappa shape index (κ3) is 2.85. The highest BCUT2D eigenvalue weighted by atomic mass is 32.1. The SMILES string of the molecule is COc1cnc2c(-c3nc4c(CO)c(C)c(C=O)cc4s3)cc(C)cc2n1. The maximum Gasteiger partial charge on any atom is 0.232 e. The minimum absolute atomic E-state index is 0.168. The van der Waals surface area contributed by atoms with Crippen LogP contribution in [0.1, 0.15) is 27.0 Å². The Kier molecular flexibility index (Phi) is 4.33. The molecule has 0 bridgehead atoms. The third-order valence-electron chi connectivity index (χ3n) is 4.60. The summed E-state index contributed by atoms with van der Waals surface area (Å²) in [7, 11) is 1.56. The second-order valence-electron chi connectivity index (χ2n) is 6.30. The van der Waals surface area contributed by atoms with Crippen LogP contribution in [0.5, 0.6) is 5.88 Å². The molecule has 2 aromatic heterocycles. The first kappa shape index (κ1) is 17.5. The van der Waals surface area contributed by atoms with Gasteiger partial charge < -0.3 is 9.84 Å². The standard InChI is InChI=1S/C20H17N3O3S/c1-10-4-13(18-15(5-10)22-17(26-3)7-21-18)20-23-19-14(9-25)11(2)12(8-24)6-16(19)27-20/h4-8,25H,9H2,1-3H3. The Balaban J connectivity index is 2.01. The average Bonchev–Trinajstić information content (AvgIpc) is 3.09. The largest absolute Gasteiger partial charge is 0.480 e. The van der Waals surface area contributed by atoms with Crippen molar-refractivity contribution >= 4 is 38.9 Å². The number of hydrogen-bond acceptors (Lipinski definition) is 7. The smallest absolute Gasteiger partial charge is 0.232 e. The summed E-state index contributed by atoms with van der Waals surface area (Å²) in [6.07, 6.45) is 2.40. The topological polar surface area (TPSA) is 85.2 Å². The van der Waals surface area contributed by atoms with Crippen LogP contribution in [0.4, 0.5) is 0 Å². The van der Waals surface area contributed by atoms with E-state index in [0.29, 0.717) is 17.0 Å². The van der Waals surface area contributed by atoms with Gasteiger partial charge in [-0.2, -0.15) is 0 Å². The summed E-state index contributed by atoms with van der Waals surface area (Å²) >= 11 is 1.47. The summed E-state index contributed by atoms with van der Waals surface area (Å²) in [4.78, 5) is 25.1. The fraction of sp³-hybridized carbons (Fsp3) is 0.200. The highest BCUT2D eigenvalue weighted by molar-refractivity contribution is 7.21. The molecule has 0 aliphatic carbocycles. The van der Waals surface area contributed by atoms with Crippen LogP contribution in [0, 0.1) is 13.8 Å². The molecule has 4 aromatic rings. The summed E-state index contributed by atoms with van der Waals surface area (Å²) in [6, 6.07) is 5.80. The van der Waals surface area contributed by atoms with Gasteiger partial charge in [-0.1, -0.05) is 0 Å². The van der Waals surface area contributed by atoms with Gasteiger partial charge in [0.1, 0.15) is 11.3 Å². The number of aliphatic hydroxyl groups is 1. The molecule has 0 aliphatic rings. The second kappa shape index (κ2) is 6.68. The van der Waals surface area contributed by atoms with Crippen LogP contribution in [-0.4, -0.2) is 33.5 Å². The van der Waals surface area contributed by atoms with E-state index in [1.165, 1.54) is 11.3 Å². The maximum absolute atomic E-state index is 11.4. The third-order valence-corrected chi connectivity index (χ3v) is 5.64. The number of methoxy groups -OCH3 is 1. The molecule has 0 atom stereocenters. The van der Waals surface area contributed by atoms with Gasteiger partial charge in [-0.25, -0.2) is 15.0 Å². The molecule has 2 aromatic carbocycles. The van der Waals surface area contributed by atoms with Crippen molar-refractivity contribution in [1.82, 2.24) is 15.0 Å². The number of ether oxygens (including phenoxy) is 1. The second-order valence-corrected chi connectivity index (χ2v) is 7.33. The number of rotatable bonds is 4. The van der Waals surface area contributed by atoms with Crippen molar-refractivity contribution in [2.45, 2.75) is 20.5 Å². The van der Waals surface area contributed by atoms with Crippen LogP contribution in [0.3, 0.4) is 0 Å². The quantitative estimate of drug-likeness (QED) is 0.542. The van der Waals surface area contributed by atoms with Crippen LogP contribution in [0.2, 0.25) is 0 Å². The van der Waals surface area contributed by atoms with Crippen molar-refractivity contribution in [3.63, 3.8) is 0 Å². The molecule has 136 valence electrons. The first-order valence-electron chi connectivity index (χ1n) is 8.36. The molecule has 2 heterocycles. The summed E-state index contributed by atoms with van der Waals surface area (Å²) in [5.74, 6) is 0.456. The number of aliphatic hydroxyl groups excluding tert-OH is 1. The molecule has 0 radical (unpaired) electrons. The number of nitrogens with zero attached hydrogens (tertiary/aromatic N) is 3. The normalized spacial score (nSPS) is 11.3. The highest BCUT2D eigenvalue weighted by Crippen LogP contribution is 2.37. The molecule has 0 fully saturated rings. The molecule has 4 rings (SSSR count). The number of carbonyl (C=O) groups excluding carboxylic acids is 1. The Labute approximate surface area is 159 Å². The van der Waals surface area contributed by atoms with Crippen molar-refractivity contribution in [3.8, 4) is 16.5 Å². The minimum atomic E-state index is -0.168. The molecule has 0 amide bonds. The lowest BCUT2D eigenvalue weighted by atomic mass is 10.0. The van der Waals surface area contributed by atoms with E-state index in [9.17, 15) is 9.90 Å². The van der Waals surface area contributed by atoms with E-state index in [2.05, 4.69) is 9.97 Å². The molecule has 6 nitrogen and oxygen atoms in total. The van der Waals surface area contributed by atoms with Gasteiger partial charge in [-0.15, -0.1) is 11.3 Å². The molecule has 1 N–H and O–H groups in total. The highest BCUT2D eigenvalue weighted by Gasteiger charge is 2.17. The zero-order chi connectivity index (χ0) is 19.1. The van der Waals surface area contributed by atoms with E-state index < -0.39 is 0 Å². The fourth-order valence-electron chi connectivity index (χ4n) is 3.19. The molecular formula is C20H17N3O3S. The van der Waals surface area contributed by atoms with Gasteiger partial charge in [0.05, 0.1) is 41.2 Å². The van der Waals surface area contributed by atoms with E-state index >= 15 is 0 Å². The Morgan fingerprint density at radius 2 is 2.00 bits per heavy atom. The molecule has 0 spiro atoms. The van der Waals surface area contributed by atoms with Crippen molar-refractivity contribution in [3.05, 3.63) is 46.6 Å². The summed E-state index contributed by atoms with van der Waals surface area (Å²) < 4.78 is 6.04. The van der Waals surface area contributed by atoms with E-state index in [1.807, 2.05) is 32.0 Å². The fourth-order valence-corrected chi connectivity index (χ4v) is 4.25. The Morgan fingerprint density at radius 3 is 2.70 bits per heavy atom. The van der Waals surface area contributed by atoms with Gasteiger partial charge in [0.15, 0.2) is 0 Å². The maximum atomic E-state index is 11.4. The van der Waals surface area contributed by atoms with Crippen molar-refractivity contribution < 1.29 is 14.6 Å². The summed E-state index contributed by atoms with van der Waals surface area (Å²) in [5, 5.41) is 10.6. The van der Waals surface area contributed by atoms with Crippen LogP contribution >= 0.6 is 11.3 Å². The monoisotopic (exact) mass is 379 g/mol. The minimum Gasteiger partial charge on any atom is -0.480 e. The number of benzene rings is 2. The molecule has 0 saturated heterocycles. The van der Waals surface area contributed by atoms with Crippen LogP contribution in [-0.2, 0) is 6.61 Å². The molecule has 0 aliphatic heterocycles. The van der Waals surface area contributed by atoms with Crippen LogP contribution in [0.25, 0.3) is 31.8 Å². The zero-order valence-corrected chi connectivity index (χ0v) is 15.9. The molecule has 0 saturated carbocycles. The first-order valence-corrected chi connectivity index (χ1v) is 9.18. The van der Waals surface area contributed by atoms with Gasteiger partial charge in [0, 0.05) is 16.7 Å². The number of fused-ring (bicyclic) bond motifs is 2. The lowest BCUT2D eigenvalue weighted by Crippen LogP contribution is -1.96. The van der Waals surface area contributed by atoms with Gasteiger partial charge in [0.25, 0.3) is 0 Å². The van der Waals surface area contributed by atoms with Gasteiger partial charge >= 0.3 is 0 Å². The van der Waals surface area contributed by atoms with E-state index in [0.717, 1.165) is 49.2 Å². The van der Waals surface area contributed by atoms with Crippen molar-refractivity contribution in [1.29, 1.82) is 0 Å². The van der Waals surface area contributed by atoms with Gasteiger partial charge in [0.2, 0.25) is 5.88 Å². The van der Waals surface area contributed by atoms with Crippen LogP contribution in [0.15, 0.2) is 24.4 Å². The zero-order valence-electron chi connectivity index (χ0n) is 15.1. The summed E-state index contributed by atoms with van der Waals surface area (Å²) in [5.41, 5.74) is 6.10. The lowest BCUT2D eigenvalue weighted by Gasteiger charge is -2.06. The molecule has 7 heteroatoms. The Bertz CT molecular complexity index is 1200. The van der Waals surface area contributed by atoms with Crippen LogP contribution < -0.4 is 4.74 Å². The van der Waals surface area contributed by atoms with Gasteiger partial charge in [-0.05, 0) is 43.2 Å². The molecule has 0 unspecified atom stereocenters. The first-order chi connectivity index (χ1) is 13.0. The van der Waals surface area contributed by atoms with E-state index in [1.54, 1.807) is 13.3 Å². The number of thiazole rings is 1. The number of aryl methyl sites for hydroxylation is 1. The molecule has 27 heavy (non-hydrogen) atoms. The number of aromatic nitrogens is 3. The van der Waals surface area contributed by atoms with Crippen molar-refractivity contribution in [2.75, 3.05) is 7.11 Å². The Morgan fingerprint density at radius 1 is 1.19 bits per heavy atom. The van der Waals surface area contributed by atoms with E-state index in [4.69, 9.17) is 9.72 Å². The lowest BCUT2D eigenvalue weighted by molar-refractivity contribution is 0.112. The molecular weight excluding hydrogens is 362 g/mol. The number of carbonyl (C=O) groups is 1. The Hall–Kier alpha value is -2.90. The van der Waals surface area contributed by atoms with Crippen molar-refractivity contribution in [2.24, 2.45) is 0 Å². The number of hydrogen-bond donors (Lipinski definition) is 1. The average molecular weight is 379 g/mol. The van der Waals surface area contributed by atoms with E-state index in [-0.39, 0.29) is 6.61 Å². The summed E-state index contributed by atoms with van der Waals surface area (Å²) in [6.45, 7) is 3.65. The predicted octanol–water partition coefficient (Wildman–Crippen LogP) is 3.84.